The largest absolute Gasteiger partial charge is 0.203 e. The zero-order valence-corrected chi connectivity index (χ0v) is 19.5. The molecule has 170 valence electrons. The van der Waals surface area contributed by atoms with Crippen LogP contribution in [-0.4, -0.2) is 0 Å². The summed E-state index contributed by atoms with van der Waals surface area (Å²) in [5.41, 5.74) is 1.30. The van der Waals surface area contributed by atoms with Crippen molar-refractivity contribution in [1.82, 2.24) is 0 Å². The number of halogens is 2. The highest BCUT2D eigenvalue weighted by molar-refractivity contribution is 5.31. The first kappa shape index (κ1) is 23.7. The Bertz CT molecular complexity index is 622. The summed E-state index contributed by atoms with van der Waals surface area (Å²) in [6.07, 6.45) is 19.3. The van der Waals surface area contributed by atoms with Gasteiger partial charge in [-0.1, -0.05) is 77.3 Å². The Morgan fingerprint density at radius 1 is 0.600 bits per heavy atom. The molecule has 2 fully saturated rings. The van der Waals surface area contributed by atoms with E-state index in [-0.39, 0.29) is 11.8 Å². The first-order valence-electron chi connectivity index (χ1n) is 13.1. The van der Waals surface area contributed by atoms with E-state index in [0.717, 1.165) is 37.5 Å². The van der Waals surface area contributed by atoms with E-state index < -0.39 is 11.6 Å². The molecule has 1 aromatic carbocycles. The van der Waals surface area contributed by atoms with E-state index in [1.165, 1.54) is 77.0 Å². The van der Waals surface area contributed by atoms with Crippen molar-refractivity contribution >= 4 is 0 Å². The molecule has 0 aliphatic heterocycles. The Morgan fingerprint density at radius 2 is 1.07 bits per heavy atom. The SMILES string of the molecule is CCCCCCCC1CCC(c2ccc(C3CCC(CCC)CC3)c(F)c2F)CC1. The van der Waals surface area contributed by atoms with E-state index >= 15 is 8.78 Å². The third-order valence-corrected chi connectivity index (χ3v) is 8.13. The summed E-state index contributed by atoms with van der Waals surface area (Å²) in [6, 6.07) is 3.86. The van der Waals surface area contributed by atoms with Crippen molar-refractivity contribution in [3.05, 3.63) is 34.9 Å². The van der Waals surface area contributed by atoms with Gasteiger partial charge in [0.05, 0.1) is 0 Å². The number of benzene rings is 1. The van der Waals surface area contributed by atoms with Gasteiger partial charge in [0.2, 0.25) is 0 Å². The molecule has 2 saturated carbocycles. The summed E-state index contributed by atoms with van der Waals surface area (Å²) in [5, 5.41) is 0. The molecule has 0 amide bonds. The van der Waals surface area contributed by atoms with Crippen molar-refractivity contribution in [3.63, 3.8) is 0 Å². The Balaban J connectivity index is 1.51. The summed E-state index contributed by atoms with van der Waals surface area (Å²) in [6.45, 7) is 4.49. The minimum absolute atomic E-state index is 0.213. The highest BCUT2D eigenvalue weighted by Gasteiger charge is 2.29. The number of unbranched alkanes of at least 4 members (excludes halogenated alkanes) is 4. The fourth-order valence-corrected chi connectivity index (χ4v) is 6.18. The molecular weight excluding hydrogens is 374 g/mol. The van der Waals surface area contributed by atoms with Gasteiger partial charge >= 0.3 is 0 Å². The maximum atomic E-state index is 15.0. The van der Waals surface area contributed by atoms with Crippen molar-refractivity contribution < 1.29 is 8.78 Å². The van der Waals surface area contributed by atoms with Gasteiger partial charge in [-0.2, -0.15) is 0 Å². The normalized spacial score (nSPS) is 27.3. The van der Waals surface area contributed by atoms with Crippen LogP contribution in [-0.2, 0) is 0 Å². The van der Waals surface area contributed by atoms with Gasteiger partial charge in [0.1, 0.15) is 0 Å². The Kier molecular flexibility index (Phi) is 9.65. The van der Waals surface area contributed by atoms with Gasteiger partial charge in [-0.3, -0.25) is 0 Å². The maximum Gasteiger partial charge on any atom is 0.162 e. The smallest absolute Gasteiger partial charge is 0.162 e. The molecule has 30 heavy (non-hydrogen) atoms. The van der Waals surface area contributed by atoms with Gasteiger partial charge in [0.25, 0.3) is 0 Å². The molecule has 2 heteroatoms. The van der Waals surface area contributed by atoms with Gasteiger partial charge in [0.15, 0.2) is 11.6 Å². The fourth-order valence-electron chi connectivity index (χ4n) is 6.18. The van der Waals surface area contributed by atoms with Crippen LogP contribution in [0.15, 0.2) is 12.1 Å². The van der Waals surface area contributed by atoms with E-state index in [0.29, 0.717) is 11.1 Å². The molecule has 1 aromatic rings. The lowest BCUT2D eigenvalue weighted by atomic mass is 9.75. The summed E-state index contributed by atoms with van der Waals surface area (Å²) in [5.74, 6) is 0.944. The van der Waals surface area contributed by atoms with E-state index in [1.54, 1.807) is 0 Å². The lowest BCUT2D eigenvalue weighted by molar-refractivity contribution is 0.293. The Labute approximate surface area is 184 Å². The van der Waals surface area contributed by atoms with Gasteiger partial charge in [-0.15, -0.1) is 0 Å². The molecular formula is C28H44F2. The van der Waals surface area contributed by atoms with Gasteiger partial charge in [-0.25, -0.2) is 8.78 Å². The first-order valence-corrected chi connectivity index (χ1v) is 13.1. The molecule has 0 spiro atoms. The molecule has 0 atom stereocenters. The molecule has 0 aromatic heterocycles. The van der Waals surface area contributed by atoms with Crippen LogP contribution in [0.25, 0.3) is 0 Å². The third kappa shape index (κ3) is 6.30. The van der Waals surface area contributed by atoms with Crippen LogP contribution in [0.5, 0.6) is 0 Å². The first-order chi connectivity index (χ1) is 14.6. The standard InChI is InChI=1S/C28H44F2/c1-3-5-6-7-8-10-22-13-17-24(18-14-22)26-20-19-25(27(29)28(26)30)23-15-11-21(9-4-2)12-16-23/h19-24H,3-18H2,1-2H3. The van der Waals surface area contributed by atoms with Crippen LogP contribution in [0.1, 0.15) is 140 Å². The highest BCUT2D eigenvalue weighted by atomic mass is 19.2. The second-order valence-corrected chi connectivity index (χ2v) is 10.3. The van der Waals surface area contributed by atoms with Crippen LogP contribution in [0.2, 0.25) is 0 Å². The molecule has 0 heterocycles. The summed E-state index contributed by atoms with van der Waals surface area (Å²) < 4.78 is 30.1. The fraction of sp³-hybridized carbons (Fsp3) is 0.786. The van der Waals surface area contributed by atoms with E-state index in [9.17, 15) is 0 Å². The summed E-state index contributed by atoms with van der Waals surface area (Å²) in [7, 11) is 0. The molecule has 2 aliphatic rings. The van der Waals surface area contributed by atoms with Gasteiger partial charge < -0.3 is 0 Å². The highest BCUT2D eigenvalue weighted by Crippen LogP contribution is 2.42. The molecule has 0 N–H and O–H groups in total. The van der Waals surface area contributed by atoms with Crippen LogP contribution < -0.4 is 0 Å². The molecule has 0 radical (unpaired) electrons. The Hall–Kier alpha value is -0.920. The average Bonchev–Trinajstić information content (AvgIpc) is 2.77. The van der Waals surface area contributed by atoms with Crippen molar-refractivity contribution in [1.29, 1.82) is 0 Å². The molecule has 0 unspecified atom stereocenters. The van der Waals surface area contributed by atoms with E-state index in [2.05, 4.69) is 13.8 Å². The van der Waals surface area contributed by atoms with Gasteiger partial charge in [-0.05, 0) is 86.2 Å². The monoisotopic (exact) mass is 418 g/mol. The summed E-state index contributed by atoms with van der Waals surface area (Å²) in [4.78, 5) is 0. The molecule has 0 nitrogen and oxygen atoms in total. The lowest BCUT2D eigenvalue weighted by Gasteiger charge is -2.31. The summed E-state index contributed by atoms with van der Waals surface area (Å²) >= 11 is 0. The number of rotatable bonds is 10. The second-order valence-electron chi connectivity index (χ2n) is 10.3. The van der Waals surface area contributed by atoms with Gasteiger partial charge in [0, 0.05) is 0 Å². The minimum atomic E-state index is -0.538. The minimum Gasteiger partial charge on any atom is -0.203 e. The molecule has 0 bridgehead atoms. The van der Waals surface area contributed by atoms with E-state index in [1.807, 2.05) is 12.1 Å². The van der Waals surface area contributed by atoms with Crippen LogP contribution >= 0.6 is 0 Å². The van der Waals surface area contributed by atoms with Crippen molar-refractivity contribution in [3.8, 4) is 0 Å². The molecule has 0 saturated heterocycles. The van der Waals surface area contributed by atoms with Crippen molar-refractivity contribution in [2.45, 2.75) is 128 Å². The third-order valence-electron chi connectivity index (χ3n) is 8.13. The number of hydrogen-bond acceptors (Lipinski definition) is 0. The van der Waals surface area contributed by atoms with Crippen LogP contribution in [0.4, 0.5) is 8.78 Å². The topological polar surface area (TPSA) is 0 Å². The maximum absolute atomic E-state index is 15.0. The molecule has 3 rings (SSSR count). The van der Waals surface area contributed by atoms with Crippen molar-refractivity contribution in [2.75, 3.05) is 0 Å². The predicted octanol–water partition coefficient (Wildman–Crippen LogP) is 9.67. The lowest BCUT2D eigenvalue weighted by Crippen LogP contribution is -2.17. The van der Waals surface area contributed by atoms with Crippen LogP contribution in [0.3, 0.4) is 0 Å². The van der Waals surface area contributed by atoms with E-state index in [4.69, 9.17) is 0 Å². The van der Waals surface area contributed by atoms with Crippen molar-refractivity contribution in [2.24, 2.45) is 11.8 Å². The molecule has 2 aliphatic carbocycles. The van der Waals surface area contributed by atoms with Crippen LogP contribution in [0, 0.1) is 23.5 Å². The number of hydrogen-bond donors (Lipinski definition) is 0. The zero-order valence-electron chi connectivity index (χ0n) is 19.5. The quantitative estimate of drug-likeness (QED) is 0.332. The Morgan fingerprint density at radius 3 is 1.53 bits per heavy atom. The predicted molar refractivity (Wildman–Crippen MR) is 124 cm³/mol. The second kappa shape index (κ2) is 12.2. The zero-order chi connectivity index (χ0) is 21.3. The average molecular weight is 419 g/mol.